The highest BCUT2D eigenvalue weighted by Crippen LogP contribution is 2.27. The molecule has 2 amide bonds. The Hall–Kier alpha value is -4.53. The largest absolute Gasteiger partial charge is 0.338 e. The highest BCUT2D eigenvalue weighted by Gasteiger charge is 2.11. The van der Waals surface area contributed by atoms with Crippen molar-refractivity contribution in [2.45, 2.75) is 13.3 Å². The van der Waals surface area contributed by atoms with Crippen molar-refractivity contribution in [1.29, 1.82) is 0 Å². The SMILES string of the molecule is CCNC(=O)Nc1nc2cc(-c3cc(F)cc(Cc4n[nH]c(=O)c5ccccc45)c3)ccc2[nH]1. The lowest BCUT2D eigenvalue weighted by atomic mass is 9.99. The van der Waals surface area contributed by atoms with Gasteiger partial charge < -0.3 is 10.3 Å². The van der Waals surface area contributed by atoms with Crippen molar-refractivity contribution in [3.05, 3.63) is 88.1 Å². The average molecular weight is 456 g/mol. The Morgan fingerprint density at radius 2 is 1.85 bits per heavy atom. The first-order valence-electron chi connectivity index (χ1n) is 10.8. The minimum atomic E-state index is -0.373. The molecular formula is C25H21FN6O2. The van der Waals surface area contributed by atoms with Crippen molar-refractivity contribution in [2.75, 3.05) is 11.9 Å². The molecule has 5 rings (SSSR count). The lowest BCUT2D eigenvalue weighted by molar-refractivity contribution is 0.252. The maximum absolute atomic E-state index is 14.6. The number of hydrogen-bond donors (Lipinski definition) is 4. The standard InChI is InChI=1S/C25H21FN6O2/c1-2-27-25(34)30-24-28-20-8-7-15(13-22(20)29-24)16-9-14(10-17(26)12-16)11-21-18-5-3-4-6-19(18)23(33)32-31-21/h3-10,12-13H,2,11H2,1H3,(H,32,33)(H3,27,28,29,30,34). The van der Waals surface area contributed by atoms with Gasteiger partial charge in [-0.15, -0.1) is 0 Å². The third kappa shape index (κ3) is 4.23. The van der Waals surface area contributed by atoms with Gasteiger partial charge in [0.15, 0.2) is 0 Å². The van der Waals surface area contributed by atoms with Gasteiger partial charge in [-0.2, -0.15) is 5.10 Å². The number of aromatic amines is 2. The fraction of sp³-hybridized carbons (Fsp3) is 0.120. The summed E-state index contributed by atoms with van der Waals surface area (Å²) in [4.78, 5) is 31.3. The Balaban J connectivity index is 1.48. The molecule has 0 saturated carbocycles. The van der Waals surface area contributed by atoms with Crippen molar-refractivity contribution in [3.63, 3.8) is 0 Å². The summed E-state index contributed by atoms with van der Waals surface area (Å²) in [6, 6.07) is 17.2. The number of halogens is 1. The number of nitrogens with one attached hydrogen (secondary N) is 4. The van der Waals surface area contributed by atoms with Crippen LogP contribution in [-0.4, -0.2) is 32.7 Å². The van der Waals surface area contributed by atoms with Crippen molar-refractivity contribution >= 4 is 33.8 Å². The van der Waals surface area contributed by atoms with Crippen LogP contribution in [0.15, 0.2) is 65.5 Å². The van der Waals surface area contributed by atoms with Gasteiger partial charge in [-0.1, -0.05) is 30.3 Å². The zero-order chi connectivity index (χ0) is 23.7. The predicted octanol–water partition coefficient (Wildman–Crippen LogP) is 4.34. The number of benzene rings is 3. The van der Waals surface area contributed by atoms with E-state index < -0.39 is 0 Å². The van der Waals surface area contributed by atoms with Gasteiger partial charge in [-0.3, -0.25) is 10.1 Å². The van der Waals surface area contributed by atoms with E-state index in [0.29, 0.717) is 41.1 Å². The molecule has 0 bridgehead atoms. The van der Waals surface area contributed by atoms with Crippen LogP contribution in [-0.2, 0) is 6.42 Å². The van der Waals surface area contributed by atoms with Crippen molar-refractivity contribution in [2.24, 2.45) is 0 Å². The molecule has 8 nitrogen and oxygen atoms in total. The number of fused-ring (bicyclic) bond motifs is 2. The average Bonchev–Trinajstić information content (AvgIpc) is 3.22. The molecule has 2 heterocycles. The van der Waals surface area contributed by atoms with Crippen LogP contribution in [0.3, 0.4) is 0 Å². The second-order valence-corrected chi connectivity index (χ2v) is 7.87. The number of hydrogen-bond acceptors (Lipinski definition) is 4. The highest BCUT2D eigenvalue weighted by molar-refractivity contribution is 5.91. The summed E-state index contributed by atoms with van der Waals surface area (Å²) in [5.74, 6) is -0.0454. The molecule has 0 spiro atoms. The molecule has 5 aromatic rings. The van der Waals surface area contributed by atoms with Crippen LogP contribution in [0.4, 0.5) is 15.1 Å². The van der Waals surface area contributed by atoms with Gasteiger partial charge in [0.1, 0.15) is 5.82 Å². The number of aromatic nitrogens is 4. The fourth-order valence-corrected chi connectivity index (χ4v) is 3.98. The van der Waals surface area contributed by atoms with Crippen LogP contribution in [0, 0.1) is 5.82 Å². The molecule has 0 aliphatic heterocycles. The van der Waals surface area contributed by atoms with E-state index >= 15 is 0 Å². The maximum Gasteiger partial charge on any atom is 0.321 e. The monoisotopic (exact) mass is 456 g/mol. The number of anilines is 1. The molecule has 0 aliphatic rings. The summed E-state index contributed by atoms with van der Waals surface area (Å²) in [5.41, 5.74) is 3.98. The molecule has 0 unspecified atom stereocenters. The van der Waals surface area contributed by atoms with E-state index in [4.69, 9.17) is 0 Å². The Kier molecular flexibility index (Phi) is 5.51. The minimum absolute atomic E-state index is 0.257. The number of urea groups is 1. The summed E-state index contributed by atoms with van der Waals surface area (Å²) >= 11 is 0. The van der Waals surface area contributed by atoms with Crippen LogP contribution < -0.4 is 16.2 Å². The zero-order valence-corrected chi connectivity index (χ0v) is 18.3. The van der Waals surface area contributed by atoms with Gasteiger partial charge in [0.25, 0.3) is 5.56 Å². The van der Waals surface area contributed by atoms with Gasteiger partial charge >= 0.3 is 6.03 Å². The number of nitrogens with zero attached hydrogens (tertiary/aromatic N) is 2. The number of imidazole rings is 1. The van der Waals surface area contributed by atoms with E-state index in [0.717, 1.165) is 22.0 Å². The minimum Gasteiger partial charge on any atom is -0.338 e. The number of rotatable bonds is 5. The van der Waals surface area contributed by atoms with E-state index in [1.54, 1.807) is 12.1 Å². The molecule has 0 fully saturated rings. The number of carbonyl (C=O) groups is 1. The first kappa shape index (κ1) is 21.3. The summed E-state index contributed by atoms with van der Waals surface area (Å²) in [7, 11) is 0. The van der Waals surface area contributed by atoms with Crippen LogP contribution in [0.25, 0.3) is 32.9 Å². The maximum atomic E-state index is 14.6. The van der Waals surface area contributed by atoms with Gasteiger partial charge in [-0.05, 0) is 53.9 Å². The van der Waals surface area contributed by atoms with Crippen LogP contribution in [0.2, 0.25) is 0 Å². The third-order valence-electron chi connectivity index (χ3n) is 5.49. The van der Waals surface area contributed by atoms with Crippen LogP contribution >= 0.6 is 0 Å². The van der Waals surface area contributed by atoms with E-state index in [-0.39, 0.29) is 17.4 Å². The molecule has 34 heavy (non-hydrogen) atoms. The third-order valence-corrected chi connectivity index (χ3v) is 5.49. The topological polar surface area (TPSA) is 116 Å². The van der Waals surface area contributed by atoms with E-state index in [2.05, 4.69) is 30.8 Å². The molecule has 9 heteroatoms. The number of H-pyrrole nitrogens is 2. The summed E-state index contributed by atoms with van der Waals surface area (Å²) in [6.45, 7) is 2.33. The Morgan fingerprint density at radius 1 is 1.03 bits per heavy atom. The summed E-state index contributed by atoms with van der Waals surface area (Å²) in [6.07, 6.45) is 0.354. The summed E-state index contributed by atoms with van der Waals surface area (Å²) < 4.78 is 14.6. The molecule has 170 valence electrons. The van der Waals surface area contributed by atoms with E-state index in [1.807, 2.05) is 43.3 Å². The second-order valence-electron chi connectivity index (χ2n) is 7.87. The first-order valence-corrected chi connectivity index (χ1v) is 10.8. The molecule has 0 atom stereocenters. The van der Waals surface area contributed by atoms with Crippen molar-refractivity contribution in [1.82, 2.24) is 25.5 Å². The van der Waals surface area contributed by atoms with E-state index in [1.165, 1.54) is 12.1 Å². The van der Waals surface area contributed by atoms with E-state index in [9.17, 15) is 14.0 Å². The van der Waals surface area contributed by atoms with Crippen LogP contribution in [0.5, 0.6) is 0 Å². The fourth-order valence-electron chi connectivity index (χ4n) is 3.98. The molecule has 3 aromatic carbocycles. The quantitative estimate of drug-likeness (QED) is 0.315. The van der Waals surface area contributed by atoms with Gasteiger partial charge in [0.05, 0.1) is 22.1 Å². The lowest BCUT2D eigenvalue weighted by Gasteiger charge is -2.08. The molecule has 0 saturated heterocycles. The molecule has 0 aliphatic carbocycles. The first-order chi connectivity index (χ1) is 16.5. The smallest absolute Gasteiger partial charge is 0.321 e. The van der Waals surface area contributed by atoms with Crippen molar-refractivity contribution in [3.8, 4) is 11.1 Å². The zero-order valence-electron chi connectivity index (χ0n) is 18.3. The van der Waals surface area contributed by atoms with Gasteiger partial charge in [0, 0.05) is 18.4 Å². The van der Waals surface area contributed by atoms with Crippen molar-refractivity contribution < 1.29 is 9.18 Å². The second kappa shape index (κ2) is 8.78. The van der Waals surface area contributed by atoms with Crippen LogP contribution in [0.1, 0.15) is 18.2 Å². The van der Waals surface area contributed by atoms with Gasteiger partial charge in [-0.25, -0.2) is 19.3 Å². The molecular weight excluding hydrogens is 435 g/mol. The summed E-state index contributed by atoms with van der Waals surface area (Å²) in [5, 5.41) is 13.3. The number of carbonyl (C=O) groups excluding carboxylic acids is 1. The Bertz CT molecular complexity index is 1590. The predicted molar refractivity (Wildman–Crippen MR) is 129 cm³/mol. The molecule has 0 radical (unpaired) electrons. The normalized spacial score (nSPS) is 11.1. The number of amides is 2. The van der Waals surface area contributed by atoms with Gasteiger partial charge in [0.2, 0.25) is 5.95 Å². The molecule has 4 N–H and O–H groups in total. The molecule has 2 aromatic heterocycles. The Labute approximate surface area is 193 Å². The lowest BCUT2D eigenvalue weighted by Crippen LogP contribution is -2.28. The highest BCUT2D eigenvalue weighted by atomic mass is 19.1. The Morgan fingerprint density at radius 3 is 2.68 bits per heavy atom.